The molecule has 0 saturated heterocycles. The van der Waals surface area contributed by atoms with E-state index in [1.807, 2.05) is 0 Å². The maximum Gasteiger partial charge on any atom is 0.255 e. The van der Waals surface area contributed by atoms with Gasteiger partial charge in [-0.25, -0.2) is 4.39 Å². The number of halogens is 2. The van der Waals surface area contributed by atoms with Crippen LogP contribution in [0.25, 0.3) is 0 Å². The van der Waals surface area contributed by atoms with Crippen LogP contribution < -0.4 is 11.1 Å². The minimum atomic E-state index is -0.358. The molecule has 19 heavy (non-hydrogen) atoms. The van der Waals surface area contributed by atoms with E-state index in [0.717, 1.165) is 0 Å². The first kappa shape index (κ1) is 13.5. The summed E-state index contributed by atoms with van der Waals surface area (Å²) in [6, 6.07) is 9.49. The number of nitrogens with one attached hydrogen (secondary N) is 1. The summed E-state index contributed by atoms with van der Waals surface area (Å²) in [4.78, 5) is 12.0. The van der Waals surface area contributed by atoms with Crippen LogP contribution in [0.15, 0.2) is 40.9 Å². The summed E-state index contributed by atoms with van der Waals surface area (Å²) >= 11 is 3.09. The van der Waals surface area contributed by atoms with Gasteiger partial charge in [0.05, 0.1) is 4.47 Å². The summed E-state index contributed by atoms with van der Waals surface area (Å²) < 4.78 is 13.6. The van der Waals surface area contributed by atoms with Crippen LogP contribution in [0, 0.1) is 12.7 Å². The number of hydrogen-bond donors (Lipinski definition) is 2. The van der Waals surface area contributed by atoms with Gasteiger partial charge in [0.2, 0.25) is 0 Å². The molecule has 0 spiro atoms. The van der Waals surface area contributed by atoms with Gasteiger partial charge in [-0.3, -0.25) is 4.79 Å². The fraction of sp³-hybridized carbons (Fsp3) is 0.0714. The Kier molecular flexibility index (Phi) is 3.85. The summed E-state index contributed by atoms with van der Waals surface area (Å²) in [5.41, 5.74) is 7.87. The molecule has 0 unspecified atom stereocenters. The molecule has 3 nitrogen and oxygen atoms in total. The van der Waals surface area contributed by atoms with Crippen molar-refractivity contribution in [3.63, 3.8) is 0 Å². The smallest absolute Gasteiger partial charge is 0.255 e. The molecule has 0 aliphatic carbocycles. The predicted molar refractivity (Wildman–Crippen MR) is 77.6 cm³/mol. The zero-order chi connectivity index (χ0) is 14.0. The summed E-state index contributed by atoms with van der Waals surface area (Å²) in [6.07, 6.45) is 0. The van der Waals surface area contributed by atoms with Gasteiger partial charge in [0, 0.05) is 16.9 Å². The van der Waals surface area contributed by atoms with E-state index in [4.69, 9.17) is 5.73 Å². The molecule has 0 aromatic heterocycles. The van der Waals surface area contributed by atoms with Gasteiger partial charge in [-0.15, -0.1) is 0 Å². The molecule has 0 heterocycles. The van der Waals surface area contributed by atoms with Crippen molar-refractivity contribution in [1.82, 2.24) is 0 Å². The van der Waals surface area contributed by atoms with Gasteiger partial charge in [-0.2, -0.15) is 0 Å². The first-order valence-corrected chi connectivity index (χ1v) is 6.39. The number of nitrogen functional groups attached to an aromatic ring is 1. The number of amides is 1. The molecule has 0 aliphatic rings. The Morgan fingerprint density at radius 3 is 2.53 bits per heavy atom. The summed E-state index contributed by atoms with van der Waals surface area (Å²) in [5.74, 6) is -0.621. The number of aryl methyl sites for hydroxylation is 1. The minimum Gasteiger partial charge on any atom is -0.399 e. The van der Waals surface area contributed by atoms with Crippen molar-refractivity contribution in [2.45, 2.75) is 6.92 Å². The maximum atomic E-state index is 13.3. The standard InChI is InChI=1S/C14H12BrFN2O/c1-8-6-12(16)11(15)7-13(8)18-14(19)9-2-4-10(17)5-3-9/h2-7H,17H2,1H3,(H,18,19). The molecule has 0 radical (unpaired) electrons. The molecule has 0 atom stereocenters. The van der Waals surface area contributed by atoms with Crippen LogP contribution in [0.4, 0.5) is 15.8 Å². The number of hydrogen-bond acceptors (Lipinski definition) is 2. The lowest BCUT2D eigenvalue weighted by atomic mass is 10.1. The van der Waals surface area contributed by atoms with Crippen LogP contribution in [0.1, 0.15) is 15.9 Å². The van der Waals surface area contributed by atoms with Crippen LogP contribution in [0.5, 0.6) is 0 Å². The molecule has 2 aromatic rings. The van der Waals surface area contributed by atoms with Crippen molar-refractivity contribution in [2.75, 3.05) is 11.1 Å². The number of anilines is 2. The highest BCUT2D eigenvalue weighted by molar-refractivity contribution is 9.10. The Morgan fingerprint density at radius 2 is 1.89 bits per heavy atom. The molecule has 98 valence electrons. The molecule has 0 bridgehead atoms. The average Bonchev–Trinajstić information content (AvgIpc) is 2.36. The highest BCUT2D eigenvalue weighted by atomic mass is 79.9. The quantitative estimate of drug-likeness (QED) is 0.828. The van der Waals surface area contributed by atoms with Gasteiger partial charge in [-0.05, 0) is 64.8 Å². The van der Waals surface area contributed by atoms with Crippen LogP contribution in [-0.2, 0) is 0 Å². The molecule has 2 rings (SSSR count). The second-order valence-electron chi connectivity index (χ2n) is 4.16. The van der Waals surface area contributed by atoms with Gasteiger partial charge >= 0.3 is 0 Å². The molecular formula is C14H12BrFN2O. The van der Waals surface area contributed by atoms with Crippen molar-refractivity contribution in [3.8, 4) is 0 Å². The number of carbonyl (C=O) groups is 1. The monoisotopic (exact) mass is 322 g/mol. The van der Waals surface area contributed by atoms with Crippen molar-refractivity contribution in [3.05, 3.63) is 57.8 Å². The molecule has 3 N–H and O–H groups in total. The van der Waals surface area contributed by atoms with Crippen LogP contribution >= 0.6 is 15.9 Å². The lowest BCUT2D eigenvalue weighted by Crippen LogP contribution is -2.13. The van der Waals surface area contributed by atoms with E-state index in [1.165, 1.54) is 6.07 Å². The van der Waals surface area contributed by atoms with Gasteiger partial charge in [0.15, 0.2) is 0 Å². The van der Waals surface area contributed by atoms with Crippen molar-refractivity contribution >= 4 is 33.2 Å². The Labute approximate surface area is 118 Å². The summed E-state index contributed by atoms with van der Waals surface area (Å²) in [6.45, 7) is 1.73. The van der Waals surface area contributed by atoms with Crippen LogP contribution in [0.3, 0.4) is 0 Å². The van der Waals surface area contributed by atoms with E-state index in [9.17, 15) is 9.18 Å². The highest BCUT2D eigenvalue weighted by Crippen LogP contribution is 2.24. The fourth-order valence-electron chi connectivity index (χ4n) is 1.61. The van der Waals surface area contributed by atoms with Gasteiger partial charge in [0.25, 0.3) is 5.91 Å². The highest BCUT2D eigenvalue weighted by Gasteiger charge is 2.10. The predicted octanol–water partition coefficient (Wildman–Crippen LogP) is 3.73. The topological polar surface area (TPSA) is 55.1 Å². The normalized spacial score (nSPS) is 10.3. The number of carbonyl (C=O) groups excluding carboxylic acids is 1. The van der Waals surface area contributed by atoms with Gasteiger partial charge < -0.3 is 11.1 Å². The lowest BCUT2D eigenvalue weighted by Gasteiger charge is -2.09. The van der Waals surface area contributed by atoms with E-state index in [1.54, 1.807) is 37.3 Å². The molecule has 0 aliphatic heterocycles. The number of benzene rings is 2. The van der Waals surface area contributed by atoms with Crippen molar-refractivity contribution in [2.24, 2.45) is 0 Å². The third-order valence-corrected chi connectivity index (χ3v) is 3.30. The Hall–Kier alpha value is -1.88. The average molecular weight is 323 g/mol. The van der Waals surface area contributed by atoms with Gasteiger partial charge in [0.1, 0.15) is 5.82 Å². The van der Waals surface area contributed by atoms with E-state index in [-0.39, 0.29) is 11.7 Å². The minimum absolute atomic E-state index is 0.262. The summed E-state index contributed by atoms with van der Waals surface area (Å²) in [5, 5.41) is 2.74. The fourth-order valence-corrected chi connectivity index (χ4v) is 1.95. The summed E-state index contributed by atoms with van der Waals surface area (Å²) in [7, 11) is 0. The second kappa shape index (κ2) is 5.40. The second-order valence-corrected chi connectivity index (χ2v) is 5.01. The first-order chi connectivity index (χ1) is 8.97. The molecule has 0 fully saturated rings. The van der Waals surface area contributed by atoms with E-state index >= 15 is 0 Å². The largest absolute Gasteiger partial charge is 0.399 e. The Balaban J connectivity index is 2.24. The third-order valence-electron chi connectivity index (χ3n) is 2.69. The number of rotatable bonds is 2. The Morgan fingerprint density at radius 1 is 1.26 bits per heavy atom. The van der Waals surface area contributed by atoms with E-state index in [2.05, 4.69) is 21.2 Å². The first-order valence-electron chi connectivity index (χ1n) is 5.60. The van der Waals surface area contributed by atoms with Gasteiger partial charge in [-0.1, -0.05) is 0 Å². The van der Waals surface area contributed by atoms with Crippen molar-refractivity contribution in [1.29, 1.82) is 0 Å². The SMILES string of the molecule is Cc1cc(F)c(Br)cc1NC(=O)c1ccc(N)cc1. The molecule has 1 amide bonds. The molecule has 5 heteroatoms. The molecular weight excluding hydrogens is 311 g/mol. The Bertz CT molecular complexity index is 626. The van der Waals surface area contributed by atoms with E-state index < -0.39 is 0 Å². The third kappa shape index (κ3) is 3.12. The molecule has 0 saturated carbocycles. The van der Waals surface area contributed by atoms with Crippen molar-refractivity contribution < 1.29 is 9.18 Å². The zero-order valence-electron chi connectivity index (χ0n) is 10.2. The zero-order valence-corrected chi connectivity index (χ0v) is 11.8. The van der Waals surface area contributed by atoms with Crippen LogP contribution in [0.2, 0.25) is 0 Å². The number of nitrogens with two attached hydrogens (primary N) is 1. The lowest BCUT2D eigenvalue weighted by molar-refractivity contribution is 0.102. The maximum absolute atomic E-state index is 13.3. The van der Waals surface area contributed by atoms with E-state index in [0.29, 0.717) is 27.0 Å². The van der Waals surface area contributed by atoms with Crippen LogP contribution in [-0.4, -0.2) is 5.91 Å². The molecule has 2 aromatic carbocycles.